The van der Waals surface area contributed by atoms with Gasteiger partial charge in [-0.15, -0.1) is 0 Å². The van der Waals surface area contributed by atoms with Crippen LogP contribution in [0.4, 0.5) is 0 Å². The summed E-state index contributed by atoms with van der Waals surface area (Å²) in [6, 6.07) is 6.57. The van der Waals surface area contributed by atoms with E-state index < -0.39 is 7.60 Å². The van der Waals surface area contributed by atoms with E-state index in [0.717, 1.165) is 25.7 Å². The number of hydrogen-bond donors (Lipinski definition) is 2. The van der Waals surface area contributed by atoms with Gasteiger partial charge in [0.05, 0.1) is 6.61 Å². The Kier molecular flexibility index (Phi) is 8.17. The van der Waals surface area contributed by atoms with Crippen LogP contribution in [0.1, 0.15) is 53.3 Å². The standard InChI is InChI=1S/C16H24NO5P/c1-13(18)14-7-9-15(10-8-14)16(19)17-11-5-3-4-6-12-22-23(2,20)21/h7-10H,3-6,11-12H2,1-2H3,(H,17,19)(H,20,21). The minimum absolute atomic E-state index is 0.0263. The van der Waals surface area contributed by atoms with Gasteiger partial charge in [-0.2, -0.15) is 0 Å². The van der Waals surface area contributed by atoms with Crippen molar-refractivity contribution >= 4 is 19.3 Å². The fourth-order valence-corrected chi connectivity index (χ4v) is 2.44. The summed E-state index contributed by atoms with van der Waals surface area (Å²) in [6.45, 7) is 3.50. The number of Topliss-reactive ketones (excluding diaryl/α,β-unsaturated/α-hetero) is 1. The fraction of sp³-hybridized carbons (Fsp3) is 0.500. The Hall–Kier alpha value is -1.49. The molecule has 128 valence electrons. The molecule has 0 spiro atoms. The second-order valence-electron chi connectivity index (χ2n) is 5.44. The summed E-state index contributed by atoms with van der Waals surface area (Å²) in [4.78, 5) is 32.0. The van der Waals surface area contributed by atoms with Gasteiger partial charge < -0.3 is 14.7 Å². The predicted molar refractivity (Wildman–Crippen MR) is 88.9 cm³/mol. The number of rotatable bonds is 10. The number of benzene rings is 1. The third-order valence-corrected chi connectivity index (χ3v) is 3.90. The molecule has 0 bridgehead atoms. The monoisotopic (exact) mass is 341 g/mol. The molecule has 1 unspecified atom stereocenters. The van der Waals surface area contributed by atoms with Crippen LogP contribution in [0.25, 0.3) is 0 Å². The van der Waals surface area contributed by atoms with Crippen molar-refractivity contribution in [3.05, 3.63) is 35.4 Å². The summed E-state index contributed by atoms with van der Waals surface area (Å²) in [5.74, 6) is -0.183. The van der Waals surface area contributed by atoms with Gasteiger partial charge in [0, 0.05) is 24.3 Å². The lowest BCUT2D eigenvalue weighted by Crippen LogP contribution is -2.24. The minimum atomic E-state index is -3.36. The van der Waals surface area contributed by atoms with Crippen LogP contribution in [0.2, 0.25) is 0 Å². The zero-order valence-electron chi connectivity index (χ0n) is 13.6. The van der Waals surface area contributed by atoms with Crippen molar-refractivity contribution in [2.24, 2.45) is 0 Å². The molecule has 0 heterocycles. The number of carbonyl (C=O) groups is 2. The fourth-order valence-electron chi connectivity index (χ4n) is 1.97. The van der Waals surface area contributed by atoms with E-state index in [1.807, 2.05) is 0 Å². The number of nitrogens with one attached hydrogen (secondary N) is 1. The summed E-state index contributed by atoms with van der Waals surface area (Å²) >= 11 is 0. The average Bonchev–Trinajstić information content (AvgIpc) is 2.48. The first-order valence-corrected chi connectivity index (χ1v) is 9.66. The molecule has 1 amide bonds. The summed E-state index contributed by atoms with van der Waals surface area (Å²) in [5, 5.41) is 2.82. The third kappa shape index (κ3) is 8.65. The van der Waals surface area contributed by atoms with Crippen molar-refractivity contribution in [2.45, 2.75) is 32.6 Å². The van der Waals surface area contributed by atoms with E-state index in [4.69, 9.17) is 9.42 Å². The third-order valence-electron chi connectivity index (χ3n) is 3.24. The zero-order chi connectivity index (χ0) is 17.3. The normalized spacial score (nSPS) is 13.3. The first kappa shape index (κ1) is 19.6. The molecule has 0 fully saturated rings. The SMILES string of the molecule is CC(=O)c1ccc(C(=O)NCCCCCCOP(C)(=O)O)cc1. The van der Waals surface area contributed by atoms with Crippen LogP contribution in [0.15, 0.2) is 24.3 Å². The van der Waals surface area contributed by atoms with E-state index in [9.17, 15) is 14.2 Å². The van der Waals surface area contributed by atoms with Crippen LogP contribution >= 0.6 is 7.60 Å². The number of ketones is 1. The van der Waals surface area contributed by atoms with Gasteiger partial charge in [0.2, 0.25) is 0 Å². The molecule has 0 aliphatic heterocycles. The summed E-state index contributed by atoms with van der Waals surface area (Å²) in [5.41, 5.74) is 1.12. The van der Waals surface area contributed by atoms with Crippen LogP contribution in [0, 0.1) is 0 Å². The van der Waals surface area contributed by atoms with Crippen LogP contribution in [-0.4, -0.2) is 36.4 Å². The van der Waals surface area contributed by atoms with Crippen molar-refractivity contribution in [2.75, 3.05) is 19.8 Å². The first-order chi connectivity index (χ1) is 10.8. The summed E-state index contributed by atoms with van der Waals surface area (Å²) in [7, 11) is -3.36. The van der Waals surface area contributed by atoms with Gasteiger partial charge in [0.1, 0.15) is 0 Å². The lowest BCUT2D eigenvalue weighted by molar-refractivity contribution is 0.0950. The average molecular weight is 341 g/mol. The molecule has 0 radical (unpaired) electrons. The maximum atomic E-state index is 11.9. The van der Waals surface area contributed by atoms with Crippen LogP contribution in [0.3, 0.4) is 0 Å². The molecular weight excluding hydrogens is 317 g/mol. The maximum absolute atomic E-state index is 11.9. The highest BCUT2D eigenvalue weighted by molar-refractivity contribution is 7.51. The highest BCUT2D eigenvalue weighted by Crippen LogP contribution is 2.36. The number of amides is 1. The zero-order valence-corrected chi connectivity index (χ0v) is 14.5. The second kappa shape index (κ2) is 9.60. The molecule has 1 atom stereocenters. The van der Waals surface area contributed by atoms with E-state index in [1.54, 1.807) is 24.3 Å². The molecular formula is C16H24NO5P. The molecule has 6 nitrogen and oxygen atoms in total. The van der Waals surface area contributed by atoms with E-state index in [-0.39, 0.29) is 18.3 Å². The van der Waals surface area contributed by atoms with Gasteiger partial charge in [0.15, 0.2) is 5.78 Å². The van der Waals surface area contributed by atoms with E-state index in [1.165, 1.54) is 13.6 Å². The maximum Gasteiger partial charge on any atom is 0.325 e. The Morgan fingerprint density at radius 1 is 1.09 bits per heavy atom. The van der Waals surface area contributed by atoms with Gasteiger partial charge in [-0.25, -0.2) is 0 Å². The van der Waals surface area contributed by atoms with E-state index >= 15 is 0 Å². The minimum Gasteiger partial charge on any atom is -0.352 e. The summed E-state index contributed by atoms with van der Waals surface area (Å²) < 4.78 is 15.7. The van der Waals surface area contributed by atoms with Crippen LogP contribution in [-0.2, 0) is 9.09 Å². The first-order valence-electron chi connectivity index (χ1n) is 7.63. The largest absolute Gasteiger partial charge is 0.352 e. The predicted octanol–water partition coefficient (Wildman–Crippen LogP) is 3.01. The lowest BCUT2D eigenvalue weighted by atomic mass is 10.1. The van der Waals surface area contributed by atoms with Gasteiger partial charge in [-0.1, -0.05) is 25.0 Å². The van der Waals surface area contributed by atoms with Crippen molar-refractivity contribution in [1.29, 1.82) is 0 Å². The van der Waals surface area contributed by atoms with Crippen molar-refractivity contribution in [1.82, 2.24) is 5.32 Å². The van der Waals surface area contributed by atoms with E-state index in [0.29, 0.717) is 17.7 Å². The van der Waals surface area contributed by atoms with Crippen molar-refractivity contribution < 1.29 is 23.6 Å². The Balaban J connectivity index is 2.14. The topological polar surface area (TPSA) is 92.7 Å². The smallest absolute Gasteiger partial charge is 0.325 e. The van der Waals surface area contributed by atoms with Crippen molar-refractivity contribution in [3.63, 3.8) is 0 Å². The highest BCUT2D eigenvalue weighted by Gasteiger charge is 2.08. The molecule has 7 heteroatoms. The molecule has 0 aliphatic carbocycles. The number of hydrogen-bond acceptors (Lipinski definition) is 4. The molecule has 0 saturated heterocycles. The van der Waals surface area contributed by atoms with E-state index in [2.05, 4.69) is 5.32 Å². The van der Waals surface area contributed by atoms with Gasteiger partial charge in [-0.05, 0) is 31.9 Å². The molecule has 0 aromatic heterocycles. The van der Waals surface area contributed by atoms with Gasteiger partial charge in [-0.3, -0.25) is 14.2 Å². The molecule has 0 aliphatic rings. The Labute approximate surface area is 136 Å². The molecule has 1 aromatic carbocycles. The molecule has 0 saturated carbocycles. The Morgan fingerprint density at radius 2 is 1.65 bits per heavy atom. The van der Waals surface area contributed by atoms with Crippen LogP contribution in [0.5, 0.6) is 0 Å². The van der Waals surface area contributed by atoms with Crippen LogP contribution < -0.4 is 5.32 Å². The second-order valence-corrected chi connectivity index (χ2v) is 7.30. The molecule has 1 rings (SSSR count). The Morgan fingerprint density at radius 3 is 2.22 bits per heavy atom. The quantitative estimate of drug-likeness (QED) is 0.388. The number of unbranched alkanes of at least 4 members (excludes halogenated alkanes) is 3. The Bertz CT molecular complexity index is 564. The molecule has 23 heavy (non-hydrogen) atoms. The molecule has 2 N–H and O–H groups in total. The van der Waals surface area contributed by atoms with Gasteiger partial charge in [0.25, 0.3) is 5.91 Å². The highest BCUT2D eigenvalue weighted by atomic mass is 31.2. The molecule has 1 aromatic rings. The number of carbonyl (C=O) groups excluding carboxylic acids is 2. The van der Waals surface area contributed by atoms with Crippen molar-refractivity contribution in [3.8, 4) is 0 Å². The summed E-state index contributed by atoms with van der Waals surface area (Å²) in [6.07, 6.45) is 3.34. The lowest BCUT2D eigenvalue weighted by Gasteiger charge is -2.07. The van der Waals surface area contributed by atoms with Gasteiger partial charge >= 0.3 is 7.60 Å².